The van der Waals surface area contributed by atoms with Crippen LogP contribution in [-0.2, 0) is 13.0 Å². The Hall–Kier alpha value is -3.22. The zero-order chi connectivity index (χ0) is 27.9. The molecule has 0 aliphatic carbocycles. The number of hydrogen-bond donors (Lipinski definition) is 0. The third-order valence-corrected chi connectivity index (χ3v) is 8.72. The molecular formula is C30H33ClF2N6O. The largest absolute Gasteiger partial charge is 0.462 e. The molecular weight excluding hydrogens is 534 g/mol. The summed E-state index contributed by atoms with van der Waals surface area (Å²) in [5, 5.41) is 2.81. The first-order valence-corrected chi connectivity index (χ1v) is 14.3. The van der Waals surface area contributed by atoms with Crippen molar-refractivity contribution in [2.24, 2.45) is 5.92 Å². The number of hydrogen-bond acceptors (Lipinski definition) is 6. The van der Waals surface area contributed by atoms with Crippen LogP contribution in [0.1, 0.15) is 30.5 Å². The van der Waals surface area contributed by atoms with Crippen molar-refractivity contribution in [1.29, 1.82) is 0 Å². The van der Waals surface area contributed by atoms with Gasteiger partial charge in [-0.05, 0) is 43.8 Å². The van der Waals surface area contributed by atoms with E-state index in [-0.39, 0.29) is 25.6 Å². The standard InChI is InChI=1S/C30H33ClF2N6O/c1-34-15-20-6-5-12-39(16-20)28-23-11-13-38(26-10-4-8-21-7-3-9-24(31)27(21)26)17-25(23)35-29(36-28)40-18-22-14-30(32,33)19-37(22)2/h3-4,7-10,20,22H,5-6,11-19H2,2H3/t20-,22-/m0/s1. The van der Waals surface area contributed by atoms with Gasteiger partial charge in [0.2, 0.25) is 6.54 Å². The lowest BCUT2D eigenvalue weighted by molar-refractivity contribution is 0.0136. The molecule has 10 heteroatoms. The first-order chi connectivity index (χ1) is 19.3. The third kappa shape index (κ3) is 5.39. The predicted octanol–water partition coefficient (Wildman–Crippen LogP) is 5.70. The van der Waals surface area contributed by atoms with Gasteiger partial charge in [-0.25, -0.2) is 15.4 Å². The second-order valence-electron chi connectivity index (χ2n) is 11.3. The molecule has 2 aromatic carbocycles. The Bertz CT molecular complexity index is 1440. The molecule has 3 aliphatic rings. The van der Waals surface area contributed by atoms with E-state index >= 15 is 0 Å². The molecule has 2 atom stereocenters. The van der Waals surface area contributed by atoms with Crippen molar-refractivity contribution in [3.05, 3.63) is 64.1 Å². The molecule has 210 valence electrons. The second-order valence-corrected chi connectivity index (χ2v) is 11.7. The number of halogens is 3. The molecule has 40 heavy (non-hydrogen) atoms. The summed E-state index contributed by atoms with van der Waals surface area (Å²) in [4.78, 5) is 19.5. The van der Waals surface area contributed by atoms with E-state index < -0.39 is 12.0 Å². The summed E-state index contributed by atoms with van der Waals surface area (Å²) in [5.41, 5.74) is 3.04. The van der Waals surface area contributed by atoms with Crippen LogP contribution in [0.2, 0.25) is 5.02 Å². The number of likely N-dealkylation sites (N-methyl/N-ethyl adjacent to an activating group) is 1. The van der Waals surface area contributed by atoms with E-state index in [9.17, 15) is 8.78 Å². The molecule has 1 aromatic heterocycles. The smallest absolute Gasteiger partial charge is 0.318 e. The van der Waals surface area contributed by atoms with Gasteiger partial charge < -0.3 is 19.4 Å². The van der Waals surface area contributed by atoms with Gasteiger partial charge in [-0.3, -0.25) is 4.90 Å². The average Bonchev–Trinajstić information content (AvgIpc) is 3.22. The van der Waals surface area contributed by atoms with Gasteiger partial charge in [0.05, 0.1) is 23.8 Å². The molecule has 6 rings (SSSR count). The normalized spacial score (nSPS) is 22.8. The monoisotopic (exact) mass is 566 g/mol. The Morgan fingerprint density at radius 2 is 1.98 bits per heavy atom. The maximum atomic E-state index is 14.0. The SMILES string of the molecule is [C-]#[N+]C[C@@H]1CCCN(c2nc(OC[C@@H]3CC(F)(F)CN3C)nc3c2CCN(c2cccc4cccc(Cl)c24)C3)C1. The van der Waals surface area contributed by atoms with Gasteiger partial charge in [0, 0.05) is 54.7 Å². The Morgan fingerprint density at radius 1 is 1.15 bits per heavy atom. The van der Waals surface area contributed by atoms with E-state index in [0.29, 0.717) is 24.0 Å². The quantitative estimate of drug-likeness (QED) is 0.357. The molecule has 2 saturated heterocycles. The van der Waals surface area contributed by atoms with Crippen molar-refractivity contribution >= 4 is 33.9 Å². The van der Waals surface area contributed by atoms with Gasteiger partial charge in [0.1, 0.15) is 12.4 Å². The fourth-order valence-electron chi connectivity index (χ4n) is 6.41. The molecule has 0 unspecified atom stereocenters. The van der Waals surface area contributed by atoms with Gasteiger partial charge in [0.25, 0.3) is 5.92 Å². The molecule has 4 heterocycles. The van der Waals surface area contributed by atoms with E-state index in [1.54, 1.807) is 11.9 Å². The van der Waals surface area contributed by atoms with Crippen LogP contribution in [0.4, 0.5) is 20.3 Å². The first kappa shape index (κ1) is 27.0. The highest BCUT2D eigenvalue weighted by Gasteiger charge is 2.43. The average molecular weight is 567 g/mol. The fraction of sp³-hybridized carbons (Fsp3) is 0.500. The highest BCUT2D eigenvalue weighted by Crippen LogP contribution is 2.38. The van der Waals surface area contributed by atoms with E-state index in [1.807, 2.05) is 18.2 Å². The van der Waals surface area contributed by atoms with Crippen molar-refractivity contribution in [3.8, 4) is 6.01 Å². The van der Waals surface area contributed by atoms with E-state index in [0.717, 1.165) is 72.4 Å². The highest BCUT2D eigenvalue weighted by molar-refractivity contribution is 6.36. The zero-order valence-corrected chi connectivity index (χ0v) is 23.4. The lowest BCUT2D eigenvalue weighted by atomic mass is 9.96. The summed E-state index contributed by atoms with van der Waals surface area (Å²) in [7, 11) is 1.70. The summed E-state index contributed by atoms with van der Waals surface area (Å²) >= 11 is 6.65. The number of piperidine rings is 1. The molecule has 2 fully saturated rings. The molecule has 0 spiro atoms. The first-order valence-electron chi connectivity index (χ1n) is 13.9. The highest BCUT2D eigenvalue weighted by atomic mass is 35.5. The van der Waals surface area contributed by atoms with Crippen LogP contribution in [-0.4, -0.2) is 73.2 Å². The minimum Gasteiger partial charge on any atom is -0.462 e. The molecule has 3 aliphatic heterocycles. The van der Waals surface area contributed by atoms with Gasteiger partial charge in [-0.1, -0.05) is 35.9 Å². The summed E-state index contributed by atoms with van der Waals surface area (Å²) in [6.07, 6.45) is 2.56. The van der Waals surface area contributed by atoms with Crippen LogP contribution in [0.3, 0.4) is 0 Å². The van der Waals surface area contributed by atoms with Crippen molar-refractivity contribution in [2.75, 3.05) is 56.2 Å². The summed E-state index contributed by atoms with van der Waals surface area (Å²) in [5.74, 6) is -1.56. The van der Waals surface area contributed by atoms with Gasteiger partial charge in [-0.2, -0.15) is 9.97 Å². The number of anilines is 2. The van der Waals surface area contributed by atoms with Crippen LogP contribution in [0.25, 0.3) is 15.6 Å². The van der Waals surface area contributed by atoms with Crippen molar-refractivity contribution < 1.29 is 13.5 Å². The van der Waals surface area contributed by atoms with E-state index in [4.69, 9.17) is 32.9 Å². The number of fused-ring (bicyclic) bond motifs is 2. The lowest BCUT2D eigenvalue weighted by Crippen LogP contribution is -2.39. The Kier molecular flexibility index (Phi) is 7.41. The lowest BCUT2D eigenvalue weighted by Gasteiger charge is -2.36. The fourth-order valence-corrected chi connectivity index (χ4v) is 6.69. The number of alkyl halides is 2. The molecule has 0 amide bonds. The van der Waals surface area contributed by atoms with Crippen LogP contribution in [0.15, 0.2) is 36.4 Å². The minimum absolute atomic E-state index is 0.104. The summed E-state index contributed by atoms with van der Waals surface area (Å²) < 4.78 is 34.0. The number of ether oxygens (including phenoxy) is 1. The summed E-state index contributed by atoms with van der Waals surface area (Å²) in [6, 6.07) is 12.0. The maximum Gasteiger partial charge on any atom is 0.318 e. The topological polar surface area (TPSA) is 49.1 Å². The number of aromatic nitrogens is 2. The molecule has 0 N–H and O–H groups in total. The molecule has 0 radical (unpaired) electrons. The van der Waals surface area contributed by atoms with Gasteiger partial charge in [0.15, 0.2) is 0 Å². The Labute approximate surface area is 238 Å². The van der Waals surface area contributed by atoms with Gasteiger partial charge >= 0.3 is 6.01 Å². The van der Waals surface area contributed by atoms with Crippen LogP contribution in [0, 0.1) is 12.5 Å². The molecule has 0 saturated carbocycles. The van der Waals surface area contributed by atoms with Gasteiger partial charge in [-0.15, -0.1) is 0 Å². The third-order valence-electron chi connectivity index (χ3n) is 8.41. The number of rotatable bonds is 6. The maximum absolute atomic E-state index is 14.0. The Balaban J connectivity index is 1.33. The van der Waals surface area contributed by atoms with Crippen molar-refractivity contribution in [3.63, 3.8) is 0 Å². The van der Waals surface area contributed by atoms with E-state index in [1.165, 1.54) is 0 Å². The summed E-state index contributed by atoms with van der Waals surface area (Å²) in [6.45, 7) is 10.7. The number of likely N-dealkylation sites (tertiary alicyclic amines) is 1. The van der Waals surface area contributed by atoms with Crippen LogP contribution >= 0.6 is 11.6 Å². The molecule has 3 aromatic rings. The van der Waals surface area contributed by atoms with Crippen molar-refractivity contribution in [1.82, 2.24) is 14.9 Å². The molecule has 0 bridgehead atoms. The zero-order valence-electron chi connectivity index (χ0n) is 22.6. The van der Waals surface area contributed by atoms with Crippen LogP contribution in [0.5, 0.6) is 6.01 Å². The van der Waals surface area contributed by atoms with Crippen molar-refractivity contribution in [2.45, 2.75) is 44.2 Å². The number of benzene rings is 2. The number of nitrogens with zero attached hydrogens (tertiary/aromatic N) is 6. The second kappa shape index (κ2) is 11.0. The predicted molar refractivity (Wildman–Crippen MR) is 154 cm³/mol. The van der Waals surface area contributed by atoms with Crippen LogP contribution < -0.4 is 14.5 Å². The Morgan fingerprint density at radius 3 is 2.75 bits per heavy atom. The molecule has 7 nitrogen and oxygen atoms in total. The van der Waals surface area contributed by atoms with E-state index in [2.05, 4.69) is 32.8 Å². The minimum atomic E-state index is -2.71.